The number of benzene rings is 1. The maximum absolute atomic E-state index is 11.9. The van der Waals surface area contributed by atoms with Crippen LogP contribution in [0, 0.1) is 5.92 Å². The molecule has 0 bridgehead atoms. The highest BCUT2D eigenvalue weighted by molar-refractivity contribution is 5.69. The molecule has 0 aliphatic heterocycles. The number of ether oxygens (including phenoxy) is 1. The van der Waals surface area contributed by atoms with E-state index in [0.29, 0.717) is 25.4 Å². The van der Waals surface area contributed by atoms with Crippen molar-refractivity contribution in [2.75, 3.05) is 6.61 Å². The first-order valence-electron chi connectivity index (χ1n) is 12.7. The van der Waals surface area contributed by atoms with Crippen LogP contribution in [0.4, 0.5) is 0 Å². The molecule has 2 aromatic rings. The molecule has 4 nitrogen and oxygen atoms in total. The van der Waals surface area contributed by atoms with E-state index in [1.807, 2.05) is 24.5 Å². The molecule has 0 spiro atoms. The van der Waals surface area contributed by atoms with Gasteiger partial charge in [-0.05, 0) is 36.3 Å². The minimum absolute atomic E-state index is 0.121. The second kappa shape index (κ2) is 15.6. The van der Waals surface area contributed by atoms with E-state index in [-0.39, 0.29) is 5.97 Å². The molecular formula is C28H42N2O2. The third-order valence-electron chi connectivity index (χ3n) is 6.08. The lowest BCUT2D eigenvalue weighted by Gasteiger charge is -2.09. The average Bonchev–Trinajstić information content (AvgIpc) is 2.83. The first-order chi connectivity index (χ1) is 15.6. The van der Waals surface area contributed by atoms with E-state index in [1.165, 1.54) is 56.9 Å². The first-order valence-corrected chi connectivity index (χ1v) is 12.7. The molecule has 1 heterocycles. The Morgan fingerprint density at radius 3 is 2.09 bits per heavy atom. The summed E-state index contributed by atoms with van der Waals surface area (Å²) in [6, 6.07) is 8.17. The zero-order valence-electron chi connectivity index (χ0n) is 20.4. The lowest BCUT2D eigenvalue weighted by Crippen LogP contribution is -2.11. The summed E-state index contributed by atoms with van der Waals surface area (Å²) in [5.41, 5.74) is 3.35. The molecule has 0 saturated heterocycles. The van der Waals surface area contributed by atoms with E-state index < -0.39 is 0 Å². The Morgan fingerprint density at radius 1 is 0.844 bits per heavy atom. The van der Waals surface area contributed by atoms with Crippen LogP contribution in [0.2, 0.25) is 0 Å². The number of hydrogen-bond acceptors (Lipinski definition) is 4. The molecule has 0 fully saturated rings. The zero-order chi connectivity index (χ0) is 23.0. The average molecular weight is 439 g/mol. The normalized spacial score (nSPS) is 12.0. The van der Waals surface area contributed by atoms with Crippen molar-refractivity contribution >= 4 is 5.97 Å². The Bertz CT molecular complexity index is 756. The summed E-state index contributed by atoms with van der Waals surface area (Å²) in [6.45, 7) is 6.98. The minimum atomic E-state index is -0.121. The van der Waals surface area contributed by atoms with E-state index in [2.05, 4.69) is 42.9 Å². The molecule has 0 N–H and O–H groups in total. The number of aromatic nitrogens is 2. The molecule has 1 aromatic heterocycles. The van der Waals surface area contributed by atoms with Gasteiger partial charge in [0.2, 0.25) is 0 Å². The smallest absolute Gasteiger partial charge is 0.306 e. The Balaban J connectivity index is 1.69. The van der Waals surface area contributed by atoms with Crippen LogP contribution in [0.1, 0.15) is 96.1 Å². The van der Waals surface area contributed by atoms with Gasteiger partial charge < -0.3 is 4.74 Å². The predicted molar refractivity (Wildman–Crippen MR) is 133 cm³/mol. The number of hydrogen-bond donors (Lipinski definition) is 0. The molecule has 176 valence electrons. The zero-order valence-corrected chi connectivity index (χ0v) is 20.4. The van der Waals surface area contributed by atoms with Gasteiger partial charge in [0.1, 0.15) is 0 Å². The summed E-state index contributed by atoms with van der Waals surface area (Å²) in [5, 5.41) is 0. The van der Waals surface area contributed by atoms with Gasteiger partial charge >= 0.3 is 5.97 Å². The molecule has 0 radical (unpaired) electrons. The summed E-state index contributed by atoms with van der Waals surface area (Å²) < 4.78 is 5.32. The van der Waals surface area contributed by atoms with Gasteiger partial charge in [-0.3, -0.25) is 4.79 Å². The van der Waals surface area contributed by atoms with Crippen molar-refractivity contribution in [3.8, 4) is 11.4 Å². The van der Waals surface area contributed by atoms with Crippen molar-refractivity contribution in [1.29, 1.82) is 0 Å². The van der Waals surface area contributed by atoms with Crippen molar-refractivity contribution in [2.45, 2.75) is 97.8 Å². The fraction of sp³-hybridized carbons (Fsp3) is 0.607. The minimum Gasteiger partial charge on any atom is -0.465 e. The van der Waals surface area contributed by atoms with E-state index >= 15 is 0 Å². The molecule has 1 atom stereocenters. The second-order valence-electron chi connectivity index (χ2n) is 9.03. The number of nitrogens with zero attached hydrogens (tertiary/aromatic N) is 2. The molecule has 0 unspecified atom stereocenters. The van der Waals surface area contributed by atoms with Crippen LogP contribution in [-0.2, 0) is 22.4 Å². The monoisotopic (exact) mass is 438 g/mol. The molecular weight excluding hydrogens is 396 g/mol. The maximum Gasteiger partial charge on any atom is 0.306 e. The standard InChI is InChI=1S/C28H42N2O2/c1-4-6-7-8-9-10-11-12-13-25-20-29-28(30-21-25)26-17-14-24(15-18-26)16-19-27(31)32-22-23(3)5-2/h14-15,17-18,20-21,23H,4-13,16,19,22H2,1-3H3/t23-/m1/s1. The van der Waals surface area contributed by atoms with Gasteiger partial charge in [-0.25, -0.2) is 9.97 Å². The van der Waals surface area contributed by atoms with Crippen molar-refractivity contribution in [2.24, 2.45) is 5.92 Å². The third-order valence-corrected chi connectivity index (χ3v) is 6.08. The van der Waals surface area contributed by atoms with E-state index in [9.17, 15) is 4.79 Å². The van der Waals surface area contributed by atoms with Crippen LogP contribution < -0.4 is 0 Å². The van der Waals surface area contributed by atoms with Gasteiger partial charge in [0.15, 0.2) is 5.82 Å². The largest absolute Gasteiger partial charge is 0.465 e. The first kappa shape index (κ1) is 26.0. The summed E-state index contributed by atoms with van der Waals surface area (Å²) >= 11 is 0. The Morgan fingerprint density at radius 2 is 1.47 bits per heavy atom. The Kier molecular flexibility index (Phi) is 12.6. The van der Waals surface area contributed by atoms with Crippen molar-refractivity contribution in [3.05, 3.63) is 47.8 Å². The quantitative estimate of drug-likeness (QED) is 0.203. The highest BCUT2D eigenvalue weighted by Crippen LogP contribution is 2.17. The van der Waals surface area contributed by atoms with Crippen molar-refractivity contribution in [3.63, 3.8) is 0 Å². The van der Waals surface area contributed by atoms with Gasteiger partial charge in [0.25, 0.3) is 0 Å². The Labute approximate surface area is 195 Å². The summed E-state index contributed by atoms with van der Waals surface area (Å²) in [6.07, 6.45) is 17.8. The van der Waals surface area contributed by atoms with Crippen LogP contribution in [-0.4, -0.2) is 22.5 Å². The molecule has 2 rings (SSSR count). The third kappa shape index (κ3) is 10.4. The number of carbonyl (C=O) groups is 1. The molecule has 1 aromatic carbocycles. The van der Waals surface area contributed by atoms with Crippen LogP contribution in [0.5, 0.6) is 0 Å². The van der Waals surface area contributed by atoms with Crippen LogP contribution in [0.25, 0.3) is 11.4 Å². The van der Waals surface area contributed by atoms with Gasteiger partial charge in [-0.15, -0.1) is 0 Å². The number of unbranched alkanes of at least 4 members (excludes halogenated alkanes) is 7. The van der Waals surface area contributed by atoms with E-state index in [0.717, 1.165) is 29.8 Å². The number of carbonyl (C=O) groups excluding carboxylic acids is 1. The Hall–Kier alpha value is -2.23. The van der Waals surface area contributed by atoms with Gasteiger partial charge in [-0.2, -0.15) is 0 Å². The van der Waals surface area contributed by atoms with Crippen molar-refractivity contribution < 1.29 is 9.53 Å². The van der Waals surface area contributed by atoms with Gasteiger partial charge in [-0.1, -0.05) is 96.4 Å². The second-order valence-corrected chi connectivity index (χ2v) is 9.03. The summed E-state index contributed by atoms with van der Waals surface area (Å²) in [7, 11) is 0. The molecule has 0 aliphatic rings. The molecule has 0 amide bonds. The fourth-order valence-corrected chi connectivity index (χ4v) is 3.59. The number of esters is 1. The van der Waals surface area contributed by atoms with E-state index in [1.54, 1.807) is 0 Å². The predicted octanol–water partition coefficient (Wildman–Crippen LogP) is 7.35. The van der Waals surface area contributed by atoms with Gasteiger partial charge in [0, 0.05) is 24.4 Å². The lowest BCUT2D eigenvalue weighted by atomic mass is 10.1. The number of rotatable bonds is 16. The highest BCUT2D eigenvalue weighted by Gasteiger charge is 2.07. The van der Waals surface area contributed by atoms with Crippen molar-refractivity contribution in [1.82, 2.24) is 9.97 Å². The van der Waals surface area contributed by atoms with E-state index in [4.69, 9.17) is 4.74 Å². The molecule has 0 saturated carbocycles. The maximum atomic E-state index is 11.9. The fourth-order valence-electron chi connectivity index (χ4n) is 3.59. The van der Waals surface area contributed by atoms with Crippen LogP contribution in [0.3, 0.4) is 0 Å². The van der Waals surface area contributed by atoms with Crippen LogP contribution >= 0.6 is 0 Å². The molecule has 0 aliphatic carbocycles. The topological polar surface area (TPSA) is 52.1 Å². The highest BCUT2D eigenvalue weighted by atomic mass is 16.5. The summed E-state index contributed by atoms with van der Waals surface area (Å²) in [5.74, 6) is 1.05. The van der Waals surface area contributed by atoms with Crippen LogP contribution in [0.15, 0.2) is 36.7 Å². The summed E-state index contributed by atoms with van der Waals surface area (Å²) in [4.78, 5) is 21.0. The van der Waals surface area contributed by atoms with Gasteiger partial charge in [0.05, 0.1) is 6.61 Å². The molecule has 4 heteroatoms. The number of aryl methyl sites for hydroxylation is 2. The molecule has 32 heavy (non-hydrogen) atoms. The SMILES string of the molecule is CCCCCCCCCCc1cnc(-c2ccc(CCC(=O)OC[C@H](C)CC)cc2)nc1. The lowest BCUT2D eigenvalue weighted by molar-refractivity contribution is -0.144.